The van der Waals surface area contributed by atoms with Crippen molar-refractivity contribution in [1.29, 1.82) is 0 Å². The molecule has 2 amide bonds. The van der Waals surface area contributed by atoms with Crippen LogP contribution in [0.5, 0.6) is 0 Å². The molecule has 2 heterocycles. The Morgan fingerprint density at radius 2 is 2.28 bits per heavy atom. The fourth-order valence-corrected chi connectivity index (χ4v) is 2.76. The van der Waals surface area contributed by atoms with E-state index in [0.29, 0.717) is 13.1 Å². The number of likely N-dealkylation sites (N-methyl/N-ethyl adjacent to an activating group) is 1. The molecule has 1 unspecified atom stereocenters. The number of piperazine rings is 1. The van der Waals surface area contributed by atoms with E-state index >= 15 is 0 Å². The Balaban J connectivity index is 0.00000312. The van der Waals surface area contributed by atoms with Crippen LogP contribution in [0.15, 0.2) is 24.5 Å². The number of hydrogen-bond donors (Lipinski definition) is 2. The maximum absolute atomic E-state index is 12.5. The topological polar surface area (TPSA) is 77.6 Å². The SMILES string of the molecule is CCCNC(=O)CN(C)C(=O)CN1CCNCC1c1cccnc1.Cl. The number of nitrogens with one attached hydrogen (secondary N) is 2. The lowest BCUT2D eigenvalue weighted by Gasteiger charge is -2.36. The van der Waals surface area contributed by atoms with Gasteiger partial charge in [0.05, 0.1) is 13.1 Å². The van der Waals surface area contributed by atoms with Crippen molar-refractivity contribution in [3.8, 4) is 0 Å². The van der Waals surface area contributed by atoms with E-state index in [-0.39, 0.29) is 36.8 Å². The number of aromatic nitrogens is 1. The van der Waals surface area contributed by atoms with Crippen molar-refractivity contribution in [2.75, 3.05) is 46.3 Å². The number of rotatable bonds is 7. The zero-order valence-electron chi connectivity index (χ0n) is 14.9. The van der Waals surface area contributed by atoms with Crippen LogP contribution >= 0.6 is 12.4 Å². The standard InChI is InChI=1S/C17H27N5O2.ClH/c1-3-6-20-16(23)12-21(2)17(24)13-22-9-8-19-11-15(22)14-5-4-7-18-10-14;/h4-5,7,10,15,19H,3,6,8-9,11-13H2,1-2H3,(H,20,23);1H. The van der Waals surface area contributed by atoms with Gasteiger partial charge < -0.3 is 15.5 Å². The molecule has 0 aliphatic carbocycles. The highest BCUT2D eigenvalue weighted by Crippen LogP contribution is 2.21. The van der Waals surface area contributed by atoms with Crippen molar-refractivity contribution < 1.29 is 9.59 Å². The minimum absolute atomic E-state index is 0. The molecule has 0 saturated carbocycles. The van der Waals surface area contributed by atoms with Gasteiger partial charge in [0.15, 0.2) is 0 Å². The van der Waals surface area contributed by atoms with Crippen molar-refractivity contribution in [1.82, 2.24) is 25.4 Å². The molecule has 1 aromatic heterocycles. The molecule has 0 spiro atoms. The van der Waals surface area contributed by atoms with E-state index in [1.807, 2.05) is 25.3 Å². The van der Waals surface area contributed by atoms with Crippen molar-refractivity contribution >= 4 is 24.2 Å². The molecule has 2 N–H and O–H groups in total. The molecule has 1 aromatic rings. The van der Waals surface area contributed by atoms with Crippen LogP contribution in [0.3, 0.4) is 0 Å². The van der Waals surface area contributed by atoms with Gasteiger partial charge in [-0.15, -0.1) is 12.4 Å². The molecular formula is C17H28ClN5O2. The predicted octanol–water partition coefficient (Wildman–Crippen LogP) is 0.434. The lowest BCUT2D eigenvalue weighted by molar-refractivity contribution is -0.136. The first-order chi connectivity index (χ1) is 11.6. The average Bonchev–Trinajstić information content (AvgIpc) is 2.61. The van der Waals surface area contributed by atoms with Gasteiger partial charge in [0, 0.05) is 51.7 Å². The number of pyridine rings is 1. The van der Waals surface area contributed by atoms with Crippen molar-refractivity contribution in [3.63, 3.8) is 0 Å². The van der Waals surface area contributed by atoms with Gasteiger partial charge in [-0.3, -0.25) is 19.5 Å². The minimum atomic E-state index is -0.114. The van der Waals surface area contributed by atoms with Crippen LogP contribution in [0.2, 0.25) is 0 Å². The van der Waals surface area contributed by atoms with E-state index in [2.05, 4.69) is 20.5 Å². The summed E-state index contributed by atoms with van der Waals surface area (Å²) in [6.07, 6.45) is 4.48. The lowest BCUT2D eigenvalue weighted by Crippen LogP contribution is -2.50. The summed E-state index contributed by atoms with van der Waals surface area (Å²) >= 11 is 0. The van der Waals surface area contributed by atoms with Crippen molar-refractivity contribution in [2.24, 2.45) is 0 Å². The van der Waals surface area contributed by atoms with Gasteiger partial charge in [0.2, 0.25) is 11.8 Å². The zero-order valence-corrected chi connectivity index (χ0v) is 15.7. The van der Waals surface area contributed by atoms with Gasteiger partial charge >= 0.3 is 0 Å². The molecule has 7 nitrogen and oxygen atoms in total. The highest BCUT2D eigenvalue weighted by Gasteiger charge is 2.26. The maximum atomic E-state index is 12.5. The van der Waals surface area contributed by atoms with E-state index in [1.165, 1.54) is 4.90 Å². The summed E-state index contributed by atoms with van der Waals surface area (Å²) < 4.78 is 0. The summed E-state index contributed by atoms with van der Waals surface area (Å²) in [7, 11) is 1.68. The van der Waals surface area contributed by atoms with Crippen LogP contribution < -0.4 is 10.6 Å². The van der Waals surface area contributed by atoms with Gasteiger partial charge in [-0.25, -0.2) is 0 Å². The third-order valence-electron chi connectivity index (χ3n) is 4.14. The molecule has 25 heavy (non-hydrogen) atoms. The Morgan fingerprint density at radius 1 is 1.48 bits per heavy atom. The summed E-state index contributed by atoms with van der Waals surface area (Å²) in [4.78, 5) is 32.0. The second-order valence-corrected chi connectivity index (χ2v) is 6.08. The van der Waals surface area contributed by atoms with Crippen LogP contribution in [0.4, 0.5) is 0 Å². The molecule has 1 aliphatic rings. The first-order valence-electron chi connectivity index (χ1n) is 8.47. The molecule has 1 fully saturated rings. The Bertz CT molecular complexity index is 543. The average molecular weight is 370 g/mol. The molecular weight excluding hydrogens is 342 g/mol. The van der Waals surface area contributed by atoms with Crippen LogP contribution in [0, 0.1) is 0 Å². The second-order valence-electron chi connectivity index (χ2n) is 6.08. The predicted molar refractivity (Wildman–Crippen MR) is 99.6 cm³/mol. The van der Waals surface area contributed by atoms with Crippen LogP contribution in [-0.4, -0.2) is 72.9 Å². The molecule has 1 aliphatic heterocycles. The number of carbonyl (C=O) groups is 2. The van der Waals surface area contributed by atoms with Gasteiger partial charge in [0.1, 0.15) is 0 Å². The van der Waals surface area contributed by atoms with Gasteiger partial charge in [-0.1, -0.05) is 13.0 Å². The number of amides is 2. The van der Waals surface area contributed by atoms with E-state index < -0.39 is 0 Å². The Morgan fingerprint density at radius 3 is 2.96 bits per heavy atom. The first-order valence-corrected chi connectivity index (χ1v) is 8.47. The Hall–Kier alpha value is -1.70. The van der Waals surface area contributed by atoms with Crippen LogP contribution in [0.25, 0.3) is 0 Å². The van der Waals surface area contributed by atoms with E-state index in [9.17, 15) is 9.59 Å². The highest BCUT2D eigenvalue weighted by molar-refractivity contribution is 5.85. The first kappa shape index (κ1) is 21.3. The number of carbonyl (C=O) groups excluding carboxylic acids is 2. The van der Waals surface area contributed by atoms with Crippen LogP contribution in [-0.2, 0) is 9.59 Å². The molecule has 0 radical (unpaired) electrons. The second kappa shape index (κ2) is 11.0. The third kappa shape index (κ3) is 6.61. The van der Waals surface area contributed by atoms with E-state index in [1.54, 1.807) is 13.2 Å². The fourth-order valence-electron chi connectivity index (χ4n) is 2.76. The summed E-state index contributed by atoms with van der Waals surface area (Å²) in [5.74, 6) is -0.158. The van der Waals surface area contributed by atoms with Crippen molar-refractivity contribution in [2.45, 2.75) is 19.4 Å². The molecule has 2 rings (SSSR count). The Labute approximate surface area is 155 Å². The molecule has 0 aromatic carbocycles. The summed E-state index contributed by atoms with van der Waals surface area (Å²) in [5, 5.41) is 6.15. The monoisotopic (exact) mass is 369 g/mol. The largest absolute Gasteiger partial charge is 0.355 e. The highest BCUT2D eigenvalue weighted by atomic mass is 35.5. The third-order valence-corrected chi connectivity index (χ3v) is 4.14. The maximum Gasteiger partial charge on any atom is 0.239 e. The molecule has 8 heteroatoms. The normalized spacial score (nSPS) is 17.4. The van der Waals surface area contributed by atoms with Crippen LogP contribution in [0.1, 0.15) is 24.9 Å². The zero-order chi connectivity index (χ0) is 17.4. The molecule has 0 bridgehead atoms. The lowest BCUT2D eigenvalue weighted by atomic mass is 10.1. The van der Waals surface area contributed by atoms with Gasteiger partial charge in [0.25, 0.3) is 0 Å². The van der Waals surface area contributed by atoms with Gasteiger partial charge in [-0.2, -0.15) is 0 Å². The molecule has 1 saturated heterocycles. The molecule has 140 valence electrons. The summed E-state index contributed by atoms with van der Waals surface area (Å²) in [5.41, 5.74) is 1.10. The van der Waals surface area contributed by atoms with E-state index in [4.69, 9.17) is 0 Å². The number of nitrogens with zero attached hydrogens (tertiary/aromatic N) is 3. The van der Waals surface area contributed by atoms with E-state index in [0.717, 1.165) is 31.6 Å². The number of halogens is 1. The summed E-state index contributed by atoms with van der Waals surface area (Å²) in [6.45, 7) is 5.48. The molecule has 1 atom stereocenters. The quantitative estimate of drug-likeness (QED) is 0.729. The smallest absolute Gasteiger partial charge is 0.239 e. The fraction of sp³-hybridized carbons (Fsp3) is 0.588. The minimum Gasteiger partial charge on any atom is -0.355 e. The number of hydrogen-bond acceptors (Lipinski definition) is 5. The summed E-state index contributed by atoms with van der Waals surface area (Å²) in [6, 6.07) is 4.07. The van der Waals surface area contributed by atoms with Gasteiger partial charge in [-0.05, 0) is 18.1 Å². The van der Waals surface area contributed by atoms with Crippen molar-refractivity contribution in [3.05, 3.63) is 30.1 Å². The Kier molecular flexibility index (Phi) is 9.41.